The van der Waals surface area contributed by atoms with Gasteiger partial charge in [-0.2, -0.15) is 0 Å². The van der Waals surface area contributed by atoms with E-state index in [1.165, 1.54) is 64.2 Å². The molecule has 3 nitrogen and oxygen atoms in total. The van der Waals surface area contributed by atoms with Crippen LogP contribution in [0.5, 0.6) is 0 Å². The smallest absolute Gasteiger partial charge is 0.0844 e. The van der Waals surface area contributed by atoms with Crippen molar-refractivity contribution >= 4 is 18.3 Å². The highest BCUT2D eigenvalue weighted by molar-refractivity contribution is 6.59. The van der Waals surface area contributed by atoms with Crippen LogP contribution in [-0.4, -0.2) is 54.2 Å². The minimum absolute atomic E-state index is 0.199. The molecular weight excluding hydrogens is 356 g/mol. The summed E-state index contributed by atoms with van der Waals surface area (Å²) < 4.78 is 19.3. The topological polar surface area (TPSA) is 31.0 Å². The third kappa shape index (κ3) is 3.76. The van der Waals surface area contributed by atoms with Gasteiger partial charge in [-0.15, -0.1) is 0 Å². The first kappa shape index (κ1) is 19.6. The van der Waals surface area contributed by atoms with Crippen LogP contribution in [0, 0.1) is 11.8 Å². The molecule has 1 aliphatic carbocycles. The molecule has 4 aliphatic rings. The van der Waals surface area contributed by atoms with E-state index >= 15 is 0 Å². The number of rotatable bonds is 6. The normalized spacial score (nSPS) is 45.0. The Kier molecular flexibility index (Phi) is 6.02. The summed E-state index contributed by atoms with van der Waals surface area (Å²) in [6, 6.07) is 0. The second-order valence-corrected chi connectivity index (χ2v) is 15.1. The Bertz CT molecular complexity index is 472. The molecule has 0 aromatic rings. The summed E-state index contributed by atoms with van der Waals surface area (Å²) in [5, 5.41) is 0.462. The third-order valence-corrected chi connectivity index (χ3v) is 13.2. The van der Waals surface area contributed by atoms with Gasteiger partial charge in [0.2, 0.25) is 0 Å². The van der Waals surface area contributed by atoms with Crippen molar-refractivity contribution in [1.29, 1.82) is 0 Å². The lowest BCUT2D eigenvalue weighted by Crippen LogP contribution is -2.58. The van der Waals surface area contributed by atoms with Gasteiger partial charge < -0.3 is 14.2 Å². The van der Waals surface area contributed by atoms with E-state index in [9.17, 15) is 0 Å². The van der Waals surface area contributed by atoms with E-state index in [-0.39, 0.29) is 20.0 Å². The van der Waals surface area contributed by atoms with Crippen LogP contribution >= 0.6 is 0 Å². The molecule has 26 heavy (non-hydrogen) atoms. The zero-order chi connectivity index (χ0) is 18.2. The first-order valence-electron chi connectivity index (χ1n) is 11.5. The van der Waals surface area contributed by atoms with Crippen LogP contribution in [0.3, 0.4) is 0 Å². The van der Waals surface area contributed by atoms with Gasteiger partial charge in [-0.1, -0.05) is 19.6 Å². The molecule has 4 fully saturated rings. The molecule has 0 aromatic heterocycles. The second kappa shape index (κ2) is 7.98. The van der Waals surface area contributed by atoms with Crippen molar-refractivity contribution in [2.75, 3.05) is 13.2 Å². The lowest BCUT2D eigenvalue weighted by Gasteiger charge is -2.53. The zero-order valence-electron chi connectivity index (χ0n) is 17.3. The van der Waals surface area contributed by atoms with E-state index in [0.29, 0.717) is 18.1 Å². The summed E-state index contributed by atoms with van der Waals surface area (Å²) in [5.74, 6) is 1.51. The lowest BCUT2D eigenvalue weighted by atomic mass is 9.72. The van der Waals surface area contributed by atoms with Crippen molar-refractivity contribution in [3.8, 4) is 0 Å². The van der Waals surface area contributed by atoms with E-state index in [1.807, 2.05) is 0 Å². The molecule has 0 bridgehead atoms. The molecule has 150 valence electrons. The average Bonchev–Trinajstić information content (AvgIpc) is 3.46. The van der Waals surface area contributed by atoms with Crippen LogP contribution < -0.4 is 0 Å². The van der Waals surface area contributed by atoms with Gasteiger partial charge in [-0.3, -0.25) is 0 Å². The van der Waals surface area contributed by atoms with Crippen LogP contribution in [0.1, 0.15) is 64.2 Å². The summed E-state index contributed by atoms with van der Waals surface area (Å²) in [6.07, 6.45) is 14.3. The van der Waals surface area contributed by atoms with Crippen LogP contribution in [0.4, 0.5) is 0 Å². The maximum Gasteiger partial charge on any atom is 0.0844 e. The van der Waals surface area contributed by atoms with Gasteiger partial charge >= 0.3 is 0 Å². The SMILES string of the molecule is C[SiH2]C1(CC(C2CCC3OC3C2)C2([SiH](C)C)CCCCO2)CCCCO1. The Morgan fingerprint density at radius 1 is 1.00 bits per heavy atom. The van der Waals surface area contributed by atoms with Crippen molar-refractivity contribution < 1.29 is 14.2 Å². The van der Waals surface area contributed by atoms with Gasteiger partial charge in [0.05, 0.1) is 41.0 Å². The molecule has 0 spiro atoms. The Labute approximate surface area is 164 Å². The van der Waals surface area contributed by atoms with Crippen LogP contribution in [0.15, 0.2) is 0 Å². The number of ether oxygens (including phenoxy) is 3. The molecule has 3 heterocycles. The van der Waals surface area contributed by atoms with Crippen molar-refractivity contribution in [2.24, 2.45) is 11.8 Å². The summed E-state index contributed by atoms with van der Waals surface area (Å²) >= 11 is 0. The molecule has 1 saturated carbocycles. The molecule has 0 N–H and O–H groups in total. The molecule has 0 aromatic carbocycles. The van der Waals surface area contributed by atoms with E-state index in [1.54, 1.807) is 0 Å². The predicted octanol–water partition coefficient (Wildman–Crippen LogP) is 3.64. The molecule has 3 aliphatic heterocycles. The second-order valence-electron chi connectivity index (χ2n) is 9.85. The Morgan fingerprint density at radius 3 is 2.35 bits per heavy atom. The predicted molar refractivity (Wildman–Crippen MR) is 112 cm³/mol. The Morgan fingerprint density at radius 2 is 1.77 bits per heavy atom. The van der Waals surface area contributed by atoms with Crippen LogP contribution in [0.2, 0.25) is 19.6 Å². The van der Waals surface area contributed by atoms with Crippen LogP contribution in [-0.2, 0) is 14.2 Å². The van der Waals surface area contributed by atoms with Gasteiger partial charge in [0.25, 0.3) is 0 Å². The van der Waals surface area contributed by atoms with Crippen molar-refractivity contribution in [2.45, 2.75) is 107 Å². The largest absolute Gasteiger partial charge is 0.379 e. The fraction of sp³-hybridized carbons (Fsp3) is 1.00. The summed E-state index contributed by atoms with van der Waals surface area (Å²) in [6.45, 7) is 9.59. The Hall–Kier alpha value is 0.314. The highest BCUT2D eigenvalue weighted by atomic mass is 28.3. The molecule has 0 amide bonds. The number of hydrogen-bond donors (Lipinski definition) is 0. The van der Waals surface area contributed by atoms with Gasteiger partial charge in [-0.25, -0.2) is 0 Å². The molecule has 0 radical (unpaired) electrons. The standard InChI is InChI=1S/C21H40O3Si2/c1-25-20(10-4-6-12-22-20)15-17(16-8-9-18-19(14-16)24-18)21(26(2)3)11-5-7-13-23-21/h16-19,26H,4-15,25H2,1-3H3. The van der Waals surface area contributed by atoms with Crippen molar-refractivity contribution in [3.05, 3.63) is 0 Å². The molecular formula is C21H40O3Si2. The third-order valence-electron chi connectivity index (χ3n) is 8.22. The number of epoxide rings is 1. The van der Waals surface area contributed by atoms with Gasteiger partial charge in [0.15, 0.2) is 0 Å². The quantitative estimate of drug-likeness (QED) is 0.507. The van der Waals surface area contributed by atoms with Crippen molar-refractivity contribution in [1.82, 2.24) is 0 Å². The fourth-order valence-electron chi connectivity index (χ4n) is 6.45. The van der Waals surface area contributed by atoms with E-state index < -0.39 is 8.80 Å². The fourth-order valence-corrected chi connectivity index (χ4v) is 10.5. The maximum atomic E-state index is 6.80. The molecule has 6 unspecified atom stereocenters. The highest BCUT2D eigenvalue weighted by Gasteiger charge is 2.54. The summed E-state index contributed by atoms with van der Waals surface area (Å²) in [4.78, 5) is 0. The number of fused-ring (bicyclic) bond motifs is 1. The van der Waals surface area contributed by atoms with Gasteiger partial charge in [0, 0.05) is 13.2 Å². The minimum atomic E-state index is -0.940. The van der Waals surface area contributed by atoms with Gasteiger partial charge in [-0.05, 0) is 76.0 Å². The summed E-state index contributed by atoms with van der Waals surface area (Å²) in [7, 11) is -1.14. The average molecular weight is 397 g/mol. The molecule has 3 saturated heterocycles. The lowest BCUT2D eigenvalue weighted by molar-refractivity contribution is -0.112. The van der Waals surface area contributed by atoms with Gasteiger partial charge in [0.1, 0.15) is 0 Å². The Balaban J connectivity index is 1.61. The summed E-state index contributed by atoms with van der Waals surface area (Å²) in [5.41, 5.74) is 0. The zero-order valence-corrected chi connectivity index (χ0v) is 19.9. The minimum Gasteiger partial charge on any atom is -0.379 e. The van der Waals surface area contributed by atoms with E-state index in [0.717, 1.165) is 19.1 Å². The first-order valence-corrected chi connectivity index (χ1v) is 16.5. The number of hydrogen-bond acceptors (Lipinski definition) is 3. The molecule has 6 atom stereocenters. The maximum absolute atomic E-state index is 6.80. The van der Waals surface area contributed by atoms with Crippen molar-refractivity contribution in [3.63, 3.8) is 0 Å². The van der Waals surface area contributed by atoms with E-state index in [4.69, 9.17) is 14.2 Å². The monoisotopic (exact) mass is 396 g/mol. The van der Waals surface area contributed by atoms with Crippen LogP contribution in [0.25, 0.3) is 0 Å². The highest BCUT2D eigenvalue weighted by Crippen LogP contribution is 2.51. The molecule has 4 rings (SSSR count). The van der Waals surface area contributed by atoms with E-state index in [2.05, 4.69) is 19.6 Å². The molecule has 5 heteroatoms. The first-order chi connectivity index (χ1) is 12.6.